The van der Waals surface area contributed by atoms with E-state index in [1.54, 1.807) is 25.1 Å². The normalized spacial score (nSPS) is 11.1. The van der Waals surface area contributed by atoms with Gasteiger partial charge in [0.2, 0.25) is 0 Å². The molecule has 0 fully saturated rings. The summed E-state index contributed by atoms with van der Waals surface area (Å²) in [5.41, 5.74) is 0. The molecular formula is C11H14O4S. The maximum absolute atomic E-state index is 11.7. The van der Waals surface area contributed by atoms with Gasteiger partial charge < -0.3 is 4.74 Å². The molecule has 0 aliphatic heterocycles. The van der Waals surface area contributed by atoms with Crippen molar-refractivity contribution in [3.8, 4) is 0 Å². The molecule has 0 aromatic heterocycles. The molecular weight excluding hydrogens is 228 g/mol. The number of ether oxygens (including phenoxy) is 1. The average molecular weight is 242 g/mol. The van der Waals surface area contributed by atoms with Crippen LogP contribution in [0.3, 0.4) is 0 Å². The molecule has 0 aliphatic rings. The van der Waals surface area contributed by atoms with Crippen molar-refractivity contribution in [3.05, 3.63) is 30.3 Å². The molecule has 0 saturated heterocycles. The van der Waals surface area contributed by atoms with E-state index in [0.29, 0.717) is 0 Å². The van der Waals surface area contributed by atoms with Crippen LogP contribution < -0.4 is 0 Å². The molecule has 0 aliphatic carbocycles. The lowest BCUT2D eigenvalue weighted by molar-refractivity contribution is -0.142. The van der Waals surface area contributed by atoms with E-state index in [2.05, 4.69) is 0 Å². The third-order valence-electron chi connectivity index (χ3n) is 2.01. The molecule has 0 radical (unpaired) electrons. The van der Waals surface area contributed by atoms with Crippen LogP contribution in [0.4, 0.5) is 0 Å². The van der Waals surface area contributed by atoms with Crippen molar-refractivity contribution in [2.24, 2.45) is 0 Å². The Hall–Kier alpha value is -1.36. The molecule has 0 bridgehead atoms. The Kier molecular flexibility index (Phi) is 4.49. The molecule has 4 nitrogen and oxygen atoms in total. The number of carbonyl (C=O) groups is 1. The smallest absolute Gasteiger partial charge is 0.305 e. The van der Waals surface area contributed by atoms with E-state index in [9.17, 15) is 13.2 Å². The summed E-state index contributed by atoms with van der Waals surface area (Å²) < 4.78 is 28.2. The first-order valence-corrected chi connectivity index (χ1v) is 6.65. The Morgan fingerprint density at radius 3 is 2.44 bits per heavy atom. The van der Waals surface area contributed by atoms with Crippen molar-refractivity contribution < 1.29 is 17.9 Å². The van der Waals surface area contributed by atoms with Gasteiger partial charge in [0.15, 0.2) is 9.84 Å². The summed E-state index contributed by atoms with van der Waals surface area (Å²) in [5.74, 6) is -0.564. The maximum Gasteiger partial charge on any atom is 0.305 e. The zero-order valence-electron chi connectivity index (χ0n) is 9.05. The lowest BCUT2D eigenvalue weighted by Gasteiger charge is -2.05. The molecule has 0 spiro atoms. The Morgan fingerprint density at radius 2 is 1.88 bits per heavy atom. The first kappa shape index (κ1) is 12.7. The van der Waals surface area contributed by atoms with E-state index >= 15 is 0 Å². The zero-order chi connectivity index (χ0) is 12.0. The van der Waals surface area contributed by atoms with Crippen molar-refractivity contribution in [3.63, 3.8) is 0 Å². The Bertz CT molecular complexity index is 436. The van der Waals surface area contributed by atoms with Crippen LogP contribution >= 0.6 is 0 Å². The van der Waals surface area contributed by atoms with Crippen molar-refractivity contribution >= 4 is 15.8 Å². The molecule has 0 unspecified atom stereocenters. The minimum absolute atomic E-state index is 0.0934. The molecule has 16 heavy (non-hydrogen) atoms. The van der Waals surface area contributed by atoms with Gasteiger partial charge in [0, 0.05) is 6.42 Å². The molecule has 1 rings (SSSR count). The number of hydrogen-bond donors (Lipinski definition) is 0. The predicted octanol–water partition coefficient (Wildman–Crippen LogP) is 1.41. The summed E-state index contributed by atoms with van der Waals surface area (Å²) in [7, 11) is -3.34. The molecule has 1 aromatic rings. The van der Waals surface area contributed by atoms with Crippen molar-refractivity contribution in [1.29, 1.82) is 0 Å². The van der Waals surface area contributed by atoms with Crippen LogP contribution in [-0.4, -0.2) is 26.7 Å². The number of benzene rings is 1. The van der Waals surface area contributed by atoms with Crippen LogP contribution in [0.2, 0.25) is 0 Å². The van der Waals surface area contributed by atoms with Gasteiger partial charge in [0.25, 0.3) is 0 Å². The fourth-order valence-electron chi connectivity index (χ4n) is 1.11. The van der Waals surface area contributed by atoms with E-state index in [4.69, 9.17) is 4.74 Å². The molecule has 0 atom stereocenters. The van der Waals surface area contributed by atoms with Gasteiger partial charge in [-0.15, -0.1) is 0 Å². The average Bonchev–Trinajstić information content (AvgIpc) is 2.30. The second-order valence-corrected chi connectivity index (χ2v) is 5.32. The highest BCUT2D eigenvalue weighted by Crippen LogP contribution is 2.09. The van der Waals surface area contributed by atoms with Gasteiger partial charge in [-0.3, -0.25) is 4.79 Å². The molecule has 5 heteroatoms. The standard InChI is InChI=1S/C11H14O4S/c1-2-11(12)15-8-9-16(13,14)10-6-4-3-5-7-10/h3-7H,2,8-9H2,1H3. The van der Waals surface area contributed by atoms with Crippen LogP contribution in [-0.2, 0) is 19.4 Å². The number of hydrogen-bond acceptors (Lipinski definition) is 4. The van der Waals surface area contributed by atoms with Gasteiger partial charge in [-0.05, 0) is 12.1 Å². The summed E-state index contributed by atoms with van der Waals surface area (Å²) in [4.78, 5) is 11.1. The Labute approximate surface area is 95.2 Å². The first-order valence-electron chi connectivity index (χ1n) is 4.99. The summed E-state index contributed by atoms with van der Waals surface area (Å²) in [6.07, 6.45) is 0.255. The molecule has 1 aromatic carbocycles. The van der Waals surface area contributed by atoms with Crippen molar-refractivity contribution in [1.82, 2.24) is 0 Å². The molecule has 88 valence electrons. The van der Waals surface area contributed by atoms with Crippen molar-refractivity contribution in [2.45, 2.75) is 18.2 Å². The second kappa shape index (κ2) is 5.65. The van der Waals surface area contributed by atoms with Gasteiger partial charge in [-0.25, -0.2) is 8.42 Å². The highest BCUT2D eigenvalue weighted by Gasteiger charge is 2.14. The van der Waals surface area contributed by atoms with Crippen LogP contribution in [0.25, 0.3) is 0 Å². The van der Waals surface area contributed by atoms with E-state index < -0.39 is 9.84 Å². The van der Waals surface area contributed by atoms with E-state index in [0.717, 1.165) is 0 Å². The minimum atomic E-state index is -3.34. The van der Waals surface area contributed by atoms with Gasteiger partial charge in [0.05, 0.1) is 10.6 Å². The highest BCUT2D eigenvalue weighted by atomic mass is 32.2. The number of rotatable bonds is 5. The van der Waals surface area contributed by atoms with Crippen molar-refractivity contribution in [2.75, 3.05) is 12.4 Å². The van der Waals surface area contributed by atoms with Gasteiger partial charge in [-0.1, -0.05) is 25.1 Å². The van der Waals surface area contributed by atoms with E-state index in [-0.39, 0.29) is 29.6 Å². The first-order chi connectivity index (χ1) is 7.56. The second-order valence-electron chi connectivity index (χ2n) is 3.21. The SMILES string of the molecule is CCC(=O)OCCS(=O)(=O)c1ccccc1. The number of carbonyl (C=O) groups excluding carboxylic acids is 1. The van der Waals surface area contributed by atoms with Crippen LogP contribution in [0.15, 0.2) is 35.2 Å². The predicted molar refractivity (Wildman–Crippen MR) is 59.7 cm³/mol. The Balaban J connectivity index is 2.57. The summed E-state index contributed by atoms with van der Waals surface area (Å²) in [6.45, 7) is 1.57. The quantitative estimate of drug-likeness (QED) is 0.732. The van der Waals surface area contributed by atoms with Crippen LogP contribution in [0, 0.1) is 0 Å². The highest BCUT2D eigenvalue weighted by molar-refractivity contribution is 7.91. The van der Waals surface area contributed by atoms with E-state index in [1.165, 1.54) is 12.1 Å². The number of sulfone groups is 1. The molecule has 0 saturated carbocycles. The van der Waals surface area contributed by atoms with Crippen LogP contribution in [0.5, 0.6) is 0 Å². The third-order valence-corrected chi connectivity index (χ3v) is 3.70. The Morgan fingerprint density at radius 1 is 1.25 bits per heavy atom. The van der Waals surface area contributed by atoms with E-state index in [1.807, 2.05) is 0 Å². The number of esters is 1. The lowest BCUT2D eigenvalue weighted by Crippen LogP contribution is -2.15. The minimum Gasteiger partial charge on any atom is -0.465 e. The van der Waals surface area contributed by atoms with Gasteiger partial charge in [-0.2, -0.15) is 0 Å². The van der Waals surface area contributed by atoms with Gasteiger partial charge >= 0.3 is 5.97 Å². The third kappa shape index (κ3) is 3.66. The lowest BCUT2D eigenvalue weighted by atomic mass is 10.4. The summed E-state index contributed by atoms with van der Waals surface area (Å²) in [5, 5.41) is 0. The maximum atomic E-state index is 11.7. The summed E-state index contributed by atoms with van der Waals surface area (Å²) in [6, 6.07) is 8.11. The largest absolute Gasteiger partial charge is 0.465 e. The zero-order valence-corrected chi connectivity index (χ0v) is 9.87. The topological polar surface area (TPSA) is 60.4 Å². The molecule has 0 heterocycles. The molecule has 0 amide bonds. The molecule has 0 N–H and O–H groups in total. The fourth-order valence-corrected chi connectivity index (χ4v) is 2.22. The summed E-state index contributed by atoms with van der Waals surface area (Å²) >= 11 is 0. The van der Waals surface area contributed by atoms with Gasteiger partial charge in [0.1, 0.15) is 6.61 Å². The fraction of sp³-hybridized carbons (Fsp3) is 0.364. The monoisotopic (exact) mass is 242 g/mol. The van der Waals surface area contributed by atoms with Crippen LogP contribution in [0.1, 0.15) is 13.3 Å².